The zero-order chi connectivity index (χ0) is 21.9. The smallest absolute Gasteiger partial charge is 0.222 e. The van der Waals surface area contributed by atoms with Crippen molar-refractivity contribution in [3.63, 3.8) is 0 Å². The number of aliphatic imine (C=N–C) groups is 1. The number of piperidine rings is 1. The van der Waals surface area contributed by atoms with Gasteiger partial charge < -0.3 is 16.0 Å². The van der Waals surface area contributed by atoms with Gasteiger partial charge in [0.25, 0.3) is 0 Å². The second-order valence-corrected chi connectivity index (χ2v) is 9.08. The molecule has 1 heterocycles. The van der Waals surface area contributed by atoms with Crippen molar-refractivity contribution in [2.45, 2.75) is 89.9 Å². The van der Waals surface area contributed by atoms with Gasteiger partial charge in [-0.1, -0.05) is 49.6 Å². The quantitative estimate of drug-likeness (QED) is 0.257. The predicted octanol–water partition coefficient (Wildman–Crippen LogP) is 4.05. The summed E-state index contributed by atoms with van der Waals surface area (Å²) in [7, 11) is 0. The van der Waals surface area contributed by atoms with Crippen LogP contribution in [0.15, 0.2) is 35.3 Å². The van der Waals surface area contributed by atoms with E-state index in [0.29, 0.717) is 31.1 Å². The number of amides is 1. The minimum absolute atomic E-state index is 0. The molecule has 0 radical (unpaired) electrons. The van der Waals surface area contributed by atoms with Crippen LogP contribution in [0.4, 0.5) is 0 Å². The summed E-state index contributed by atoms with van der Waals surface area (Å²) in [6.07, 6.45) is 8.68. The zero-order valence-corrected chi connectivity index (χ0v) is 22.1. The fourth-order valence-electron chi connectivity index (χ4n) is 4.73. The van der Waals surface area contributed by atoms with Gasteiger partial charge in [-0.3, -0.25) is 14.7 Å². The van der Waals surface area contributed by atoms with Crippen molar-refractivity contribution >= 4 is 35.8 Å². The fourth-order valence-corrected chi connectivity index (χ4v) is 4.73. The van der Waals surface area contributed by atoms with Crippen LogP contribution in [-0.2, 0) is 11.3 Å². The van der Waals surface area contributed by atoms with Gasteiger partial charge >= 0.3 is 0 Å². The summed E-state index contributed by atoms with van der Waals surface area (Å²) in [6, 6.07) is 12.0. The zero-order valence-electron chi connectivity index (χ0n) is 19.8. The molecule has 0 aromatic heterocycles. The third kappa shape index (κ3) is 9.25. The number of nitrogens with zero attached hydrogens (tertiary/aromatic N) is 2. The van der Waals surface area contributed by atoms with E-state index in [1.165, 1.54) is 24.8 Å². The summed E-state index contributed by atoms with van der Waals surface area (Å²) in [4.78, 5) is 19.5. The molecule has 1 amide bonds. The molecule has 1 aliphatic heterocycles. The molecule has 1 aromatic carbocycles. The SMILES string of the molecule is CCNC(=NCCC(=O)NC1CCCCC1)NC1CCN(Cc2ccccc2)C(C)C1.I. The van der Waals surface area contributed by atoms with Crippen molar-refractivity contribution in [3.05, 3.63) is 35.9 Å². The number of carbonyl (C=O) groups excluding carboxylic acids is 1. The Balaban J connectivity index is 0.00000363. The van der Waals surface area contributed by atoms with Gasteiger partial charge in [-0.25, -0.2) is 0 Å². The summed E-state index contributed by atoms with van der Waals surface area (Å²) < 4.78 is 0. The van der Waals surface area contributed by atoms with Crippen molar-refractivity contribution < 1.29 is 4.79 Å². The van der Waals surface area contributed by atoms with E-state index in [9.17, 15) is 4.79 Å². The summed E-state index contributed by atoms with van der Waals surface area (Å²) >= 11 is 0. The standard InChI is InChI=1S/C25H41N5O.HI/c1-3-26-25(27-16-14-24(31)28-22-12-8-5-9-13-22)29-23-15-17-30(20(2)18-23)19-21-10-6-4-7-11-21;/h4,6-7,10-11,20,22-23H,3,5,8-9,12-19H2,1-2H3,(H,28,31)(H2,26,27,29);1H. The van der Waals surface area contributed by atoms with E-state index in [1.807, 2.05) is 0 Å². The average molecular weight is 556 g/mol. The highest BCUT2D eigenvalue weighted by Gasteiger charge is 2.26. The summed E-state index contributed by atoms with van der Waals surface area (Å²) in [6.45, 7) is 7.84. The predicted molar refractivity (Wildman–Crippen MR) is 143 cm³/mol. The number of carbonyl (C=O) groups is 1. The summed E-state index contributed by atoms with van der Waals surface area (Å²) in [5.74, 6) is 0.969. The summed E-state index contributed by atoms with van der Waals surface area (Å²) in [5.41, 5.74) is 1.38. The molecule has 32 heavy (non-hydrogen) atoms. The fraction of sp³-hybridized carbons (Fsp3) is 0.680. The van der Waals surface area contributed by atoms with Crippen molar-refractivity contribution in [2.75, 3.05) is 19.6 Å². The third-order valence-corrected chi connectivity index (χ3v) is 6.51. The first-order valence-electron chi connectivity index (χ1n) is 12.3. The second-order valence-electron chi connectivity index (χ2n) is 9.08. The van der Waals surface area contributed by atoms with Crippen LogP contribution in [0.5, 0.6) is 0 Å². The van der Waals surface area contributed by atoms with Crippen LogP contribution in [0.25, 0.3) is 0 Å². The van der Waals surface area contributed by atoms with Gasteiger partial charge in [0.1, 0.15) is 0 Å². The van der Waals surface area contributed by atoms with Crippen molar-refractivity contribution in [1.82, 2.24) is 20.9 Å². The lowest BCUT2D eigenvalue weighted by atomic mass is 9.95. The molecule has 0 bridgehead atoms. The van der Waals surface area contributed by atoms with Gasteiger partial charge in [-0.05, 0) is 45.1 Å². The first-order chi connectivity index (χ1) is 15.1. The monoisotopic (exact) mass is 555 g/mol. The molecule has 180 valence electrons. The maximum atomic E-state index is 12.2. The number of hydrogen-bond acceptors (Lipinski definition) is 3. The lowest BCUT2D eigenvalue weighted by Crippen LogP contribution is -2.51. The number of rotatable bonds is 8. The molecule has 2 atom stereocenters. The van der Waals surface area contributed by atoms with Crippen LogP contribution < -0.4 is 16.0 Å². The Morgan fingerprint density at radius 2 is 1.81 bits per heavy atom. The maximum absolute atomic E-state index is 12.2. The Bertz CT molecular complexity index is 693. The van der Waals surface area contributed by atoms with E-state index in [0.717, 1.165) is 51.3 Å². The van der Waals surface area contributed by atoms with Crippen molar-refractivity contribution in [2.24, 2.45) is 4.99 Å². The van der Waals surface area contributed by atoms with E-state index in [1.54, 1.807) is 0 Å². The first kappa shape index (κ1) is 26.9. The highest BCUT2D eigenvalue weighted by Crippen LogP contribution is 2.20. The molecule has 2 unspecified atom stereocenters. The van der Waals surface area contributed by atoms with Crippen LogP contribution in [0.3, 0.4) is 0 Å². The van der Waals surface area contributed by atoms with Crippen LogP contribution >= 0.6 is 24.0 Å². The number of benzene rings is 1. The molecular weight excluding hydrogens is 513 g/mol. The molecule has 1 saturated carbocycles. The number of hydrogen-bond donors (Lipinski definition) is 3. The molecule has 2 aliphatic rings. The first-order valence-corrected chi connectivity index (χ1v) is 12.3. The lowest BCUT2D eigenvalue weighted by Gasteiger charge is -2.38. The Hall–Kier alpha value is -1.35. The Labute approximate surface area is 211 Å². The number of likely N-dealkylation sites (tertiary alicyclic amines) is 1. The normalized spacial score (nSPS) is 22.6. The molecular formula is C25H42IN5O. The van der Waals surface area contributed by atoms with E-state index >= 15 is 0 Å². The highest BCUT2D eigenvalue weighted by molar-refractivity contribution is 14.0. The van der Waals surface area contributed by atoms with Gasteiger partial charge in [0, 0.05) is 44.2 Å². The van der Waals surface area contributed by atoms with Crippen LogP contribution in [0, 0.1) is 0 Å². The Morgan fingerprint density at radius 3 is 2.50 bits per heavy atom. The van der Waals surface area contributed by atoms with E-state index < -0.39 is 0 Å². The lowest BCUT2D eigenvalue weighted by molar-refractivity contribution is -0.121. The van der Waals surface area contributed by atoms with Gasteiger partial charge in [0.2, 0.25) is 5.91 Å². The molecule has 1 aromatic rings. The van der Waals surface area contributed by atoms with Crippen LogP contribution in [0.1, 0.15) is 70.8 Å². The molecule has 1 aliphatic carbocycles. The summed E-state index contributed by atoms with van der Waals surface area (Å²) in [5, 5.41) is 10.1. The molecule has 7 heteroatoms. The molecule has 1 saturated heterocycles. The van der Waals surface area contributed by atoms with Crippen LogP contribution in [-0.4, -0.2) is 54.5 Å². The molecule has 3 N–H and O–H groups in total. The van der Waals surface area contributed by atoms with Crippen LogP contribution in [0.2, 0.25) is 0 Å². The van der Waals surface area contributed by atoms with Gasteiger partial charge in [-0.15, -0.1) is 24.0 Å². The topological polar surface area (TPSA) is 68.8 Å². The number of halogens is 1. The Morgan fingerprint density at radius 1 is 1.06 bits per heavy atom. The van der Waals surface area contributed by atoms with E-state index in [2.05, 4.69) is 70.0 Å². The second kappa shape index (κ2) is 14.7. The molecule has 0 spiro atoms. The number of guanidine groups is 1. The average Bonchev–Trinajstić information content (AvgIpc) is 2.77. The van der Waals surface area contributed by atoms with Crippen molar-refractivity contribution in [3.8, 4) is 0 Å². The number of nitrogens with one attached hydrogen (secondary N) is 3. The van der Waals surface area contributed by atoms with E-state index in [-0.39, 0.29) is 29.9 Å². The van der Waals surface area contributed by atoms with E-state index in [4.69, 9.17) is 0 Å². The van der Waals surface area contributed by atoms with Crippen molar-refractivity contribution in [1.29, 1.82) is 0 Å². The van der Waals surface area contributed by atoms with Gasteiger partial charge in [0.15, 0.2) is 5.96 Å². The minimum atomic E-state index is 0. The molecule has 6 nitrogen and oxygen atoms in total. The minimum Gasteiger partial charge on any atom is -0.357 e. The van der Waals surface area contributed by atoms with Gasteiger partial charge in [0.05, 0.1) is 6.54 Å². The largest absolute Gasteiger partial charge is 0.357 e. The maximum Gasteiger partial charge on any atom is 0.222 e. The third-order valence-electron chi connectivity index (χ3n) is 6.51. The highest BCUT2D eigenvalue weighted by atomic mass is 127. The Kier molecular flexibility index (Phi) is 12.4. The van der Waals surface area contributed by atoms with Gasteiger partial charge in [-0.2, -0.15) is 0 Å². The molecule has 3 rings (SSSR count). The molecule has 2 fully saturated rings.